The zero-order chi connectivity index (χ0) is 22.9. The fourth-order valence-electron chi connectivity index (χ4n) is 4.64. The topological polar surface area (TPSA) is 61.4 Å². The molecule has 3 atom stereocenters. The van der Waals surface area contributed by atoms with E-state index in [9.17, 15) is 0 Å². The Hall–Kier alpha value is -1.67. The molecule has 2 saturated heterocycles. The number of guanidine groups is 1. The number of nitrogens with one attached hydrogen (secondary N) is 2. The van der Waals surface area contributed by atoms with Crippen molar-refractivity contribution in [3.05, 3.63) is 35.4 Å². The van der Waals surface area contributed by atoms with Crippen molar-refractivity contribution >= 4 is 5.96 Å². The predicted molar refractivity (Wildman–Crippen MR) is 131 cm³/mol. The van der Waals surface area contributed by atoms with Gasteiger partial charge in [-0.25, -0.2) is 0 Å². The molecule has 1 aromatic rings. The lowest BCUT2D eigenvalue weighted by Gasteiger charge is -2.35. The highest BCUT2D eigenvalue weighted by atomic mass is 16.5. The van der Waals surface area contributed by atoms with Gasteiger partial charge in [0.05, 0.1) is 24.9 Å². The molecule has 3 unspecified atom stereocenters. The Labute approximate surface area is 194 Å². The SMILES string of the molecule is CN=C(NCc1ccc(CN2CC(C)OC(C)C2)cc1)NCC1CN(CC(C)C)CCO1. The van der Waals surface area contributed by atoms with Crippen molar-refractivity contribution in [3.63, 3.8) is 0 Å². The van der Waals surface area contributed by atoms with Crippen LogP contribution < -0.4 is 10.6 Å². The van der Waals surface area contributed by atoms with Gasteiger partial charge in [0.2, 0.25) is 0 Å². The van der Waals surface area contributed by atoms with Gasteiger partial charge in [0.1, 0.15) is 0 Å². The number of rotatable bonds is 8. The van der Waals surface area contributed by atoms with Crippen LogP contribution in [0, 0.1) is 5.92 Å². The Kier molecular flexibility index (Phi) is 9.78. The second-order valence-corrected chi connectivity index (χ2v) is 9.72. The van der Waals surface area contributed by atoms with E-state index in [0.29, 0.717) is 18.1 Å². The average Bonchev–Trinajstić information content (AvgIpc) is 2.74. The third-order valence-electron chi connectivity index (χ3n) is 5.95. The van der Waals surface area contributed by atoms with Crippen LogP contribution in [-0.4, -0.2) is 87.0 Å². The highest BCUT2D eigenvalue weighted by Gasteiger charge is 2.22. The quantitative estimate of drug-likeness (QED) is 0.473. The molecule has 0 saturated carbocycles. The molecule has 0 aliphatic carbocycles. The van der Waals surface area contributed by atoms with Gasteiger partial charge >= 0.3 is 0 Å². The van der Waals surface area contributed by atoms with Crippen molar-refractivity contribution in [2.45, 2.75) is 59.1 Å². The van der Waals surface area contributed by atoms with E-state index < -0.39 is 0 Å². The lowest BCUT2D eigenvalue weighted by molar-refractivity contribution is -0.0704. The van der Waals surface area contributed by atoms with Gasteiger partial charge in [-0.05, 0) is 30.9 Å². The van der Waals surface area contributed by atoms with Crippen LogP contribution in [-0.2, 0) is 22.6 Å². The van der Waals surface area contributed by atoms with Gasteiger partial charge in [-0.2, -0.15) is 0 Å². The smallest absolute Gasteiger partial charge is 0.191 e. The third-order valence-corrected chi connectivity index (χ3v) is 5.95. The summed E-state index contributed by atoms with van der Waals surface area (Å²) in [5.41, 5.74) is 2.59. The lowest BCUT2D eigenvalue weighted by atomic mass is 10.1. The summed E-state index contributed by atoms with van der Waals surface area (Å²) in [5, 5.41) is 6.85. The standard InChI is InChI=1S/C25H43N5O2/c1-19(2)14-29-10-11-31-24(18-29)13-28-25(26-5)27-12-22-6-8-23(9-7-22)17-30-15-20(3)32-21(4)16-30/h6-9,19-21,24H,10-18H2,1-5H3,(H2,26,27,28). The van der Waals surface area contributed by atoms with Crippen LogP contribution >= 0.6 is 0 Å². The Bertz CT molecular complexity index is 699. The van der Waals surface area contributed by atoms with E-state index in [4.69, 9.17) is 9.47 Å². The Balaban J connectivity index is 1.40. The first-order valence-corrected chi connectivity index (χ1v) is 12.2. The number of benzene rings is 1. The Morgan fingerprint density at radius 1 is 1.03 bits per heavy atom. The zero-order valence-corrected chi connectivity index (χ0v) is 20.6. The van der Waals surface area contributed by atoms with Crippen LogP contribution in [0.2, 0.25) is 0 Å². The lowest BCUT2D eigenvalue weighted by Crippen LogP contribution is -2.50. The van der Waals surface area contributed by atoms with Gasteiger partial charge in [0, 0.05) is 59.4 Å². The second kappa shape index (κ2) is 12.5. The summed E-state index contributed by atoms with van der Waals surface area (Å²) >= 11 is 0. The van der Waals surface area contributed by atoms with E-state index in [1.165, 1.54) is 11.1 Å². The van der Waals surface area contributed by atoms with Crippen LogP contribution in [0.3, 0.4) is 0 Å². The second-order valence-electron chi connectivity index (χ2n) is 9.72. The molecule has 0 amide bonds. The monoisotopic (exact) mass is 445 g/mol. The fourth-order valence-corrected chi connectivity index (χ4v) is 4.64. The van der Waals surface area contributed by atoms with E-state index in [1.54, 1.807) is 0 Å². The van der Waals surface area contributed by atoms with Crippen molar-refractivity contribution < 1.29 is 9.47 Å². The van der Waals surface area contributed by atoms with Crippen LogP contribution in [0.15, 0.2) is 29.3 Å². The summed E-state index contributed by atoms with van der Waals surface area (Å²) in [6.45, 7) is 17.3. The first-order valence-electron chi connectivity index (χ1n) is 12.2. The van der Waals surface area contributed by atoms with Crippen molar-refractivity contribution in [2.24, 2.45) is 10.9 Å². The molecule has 2 N–H and O–H groups in total. The van der Waals surface area contributed by atoms with E-state index in [0.717, 1.165) is 64.9 Å². The molecule has 0 aromatic heterocycles. The van der Waals surface area contributed by atoms with Crippen molar-refractivity contribution in [1.82, 2.24) is 20.4 Å². The van der Waals surface area contributed by atoms with Gasteiger partial charge in [0.25, 0.3) is 0 Å². The Morgan fingerprint density at radius 2 is 1.72 bits per heavy atom. The average molecular weight is 446 g/mol. The molecule has 2 heterocycles. The normalized spacial score (nSPS) is 25.8. The number of hydrogen-bond acceptors (Lipinski definition) is 5. The minimum Gasteiger partial charge on any atom is -0.374 e. The highest BCUT2D eigenvalue weighted by Crippen LogP contribution is 2.15. The summed E-state index contributed by atoms with van der Waals surface area (Å²) in [4.78, 5) is 9.35. The molecule has 3 rings (SSSR count). The molecule has 0 bridgehead atoms. The summed E-state index contributed by atoms with van der Waals surface area (Å²) in [6, 6.07) is 8.88. The number of aliphatic imine (C=N–C) groups is 1. The van der Waals surface area contributed by atoms with Gasteiger partial charge in [0.15, 0.2) is 5.96 Å². The fraction of sp³-hybridized carbons (Fsp3) is 0.720. The first-order chi connectivity index (χ1) is 15.4. The molecule has 0 spiro atoms. The minimum atomic E-state index is 0.200. The Morgan fingerprint density at radius 3 is 2.38 bits per heavy atom. The maximum atomic E-state index is 5.94. The van der Waals surface area contributed by atoms with Crippen molar-refractivity contribution in [2.75, 3.05) is 52.9 Å². The predicted octanol–water partition coefficient (Wildman–Crippen LogP) is 2.32. The van der Waals surface area contributed by atoms with E-state index in [2.05, 4.69) is 77.4 Å². The summed E-state index contributed by atoms with van der Waals surface area (Å²) in [7, 11) is 1.82. The van der Waals surface area contributed by atoms with Gasteiger partial charge < -0.3 is 20.1 Å². The molecule has 180 valence electrons. The van der Waals surface area contributed by atoms with Gasteiger partial charge in [-0.1, -0.05) is 38.1 Å². The summed E-state index contributed by atoms with van der Waals surface area (Å²) in [5.74, 6) is 1.50. The number of morpholine rings is 2. The van der Waals surface area contributed by atoms with Crippen LogP contribution in [0.25, 0.3) is 0 Å². The molecule has 2 fully saturated rings. The maximum Gasteiger partial charge on any atom is 0.191 e. The van der Waals surface area contributed by atoms with Crippen LogP contribution in [0.5, 0.6) is 0 Å². The van der Waals surface area contributed by atoms with E-state index in [1.807, 2.05) is 7.05 Å². The van der Waals surface area contributed by atoms with Crippen molar-refractivity contribution in [1.29, 1.82) is 0 Å². The largest absolute Gasteiger partial charge is 0.374 e. The molecule has 7 heteroatoms. The minimum absolute atomic E-state index is 0.200. The van der Waals surface area contributed by atoms with Gasteiger partial charge in [-0.15, -0.1) is 0 Å². The van der Waals surface area contributed by atoms with Crippen molar-refractivity contribution in [3.8, 4) is 0 Å². The molecule has 7 nitrogen and oxygen atoms in total. The molecule has 32 heavy (non-hydrogen) atoms. The summed E-state index contributed by atoms with van der Waals surface area (Å²) < 4.78 is 11.8. The molecule has 2 aliphatic rings. The number of hydrogen-bond donors (Lipinski definition) is 2. The molecule has 0 radical (unpaired) electrons. The van der Waals surface area contributed by atoms with Crippen LogP contribution in [0.4, 0.5) is 0 Å². The van der Waals surface area contributed by atoms with E-state index in [-0.39, 0.29) is 6.10 Å². The highest BCUT2D eigenvalue weighted by molar-refractivity contribution is 5.79. The molecule has 2 aliphatic heterocycles. The molecular formula is C25H43N5O2. The number of ether oxygens (including phenoxy) is 2. The number of nitrogens with zero attached hydrogens (tertiary/aromatic N) is 3. The van der Waals surface area contributed by atoms with Crippen LogP contribution in [0.1, 0.15) is 38.8 Å². The summed E-state index contributed by atoms with van der Waals surface area (Å²) in [6.07, 6.45) is 0.809. The van der Waals surface area contributed by atoms with E-state index >= 15 is 0 Å². The molecule has 1 aromatic carbocycles. The molecular weight excluding hydrogens is 402 g/mol. The van der Waals surface area contributed by atoms with Gasteiger partial charge in [-0.3, -0.25) is 14.8 Å². The maximum absolute atomic E-state index is 5.94. The third kappa shape index (κ3) is 8.35. The first kappa shape index (κ1) is 25.0. The zero-order valence-electron chi connectivity index (χ0n) is 20.6.